The van der Waals surface area contributed by atoms with Gasteiger partial charge in [-0.05, 0) is 67.2 Å². The highest BCUT2D eigenvalue weighted by Gasteiger charge is 2.23. The van der Waals surface area contributed by atoms with Crippen LogP contribution in [-0.4, -0.2) is 12.8 Å². The minimum Gasteiger partial charge on any atom is -0.487 e. The highest BCUT2D eigenvalue weighted by atomic mass is 19.2. The van der Waals surface area contributed by atoms with Crippen molar-refractivity contribution in [1.29, 1.82) is 0 Å². The Labute approximate surface area is 216 Å². The largest absolute Gasteiger partial charge is 0.487 e. The molecule has 0 saturated heterocycles. The second-order valence-corrected chi connectivity index (χ2v) is 10.7. The summed E-state index contributed by atoms with van der Waals surface area (Å²) >= 11 is 0. The number of hydrogen-bond acceptors (Lipinski definition) is 1. The first-order valence-corrected chi connectivity index (χ1v) is 14.4. The molecule has 0 unspecified atom stereocenters. The van der Waals surface area contributed by atoms with Crippen LogP contribution < -0.4 is 4.74 Å². The lowest BCUT2D eigenvalue weighted by molar-refractivity contribution is 0.177. The Balaban J connectivity index is 1.51. The second kappa shape index (κ2) is 15.3. The molecule has 1 nitrogen and oxygen atoms in total. The molecule has 0 N–H and O–H groups in total. The highest BCUT2D eigenvalue weighted by Crippen LogP contribution is 2.39. The van der Waals surface area contributed by atoms with Crippen LogP contribution in [0.25, 0.3) is 11.1 Å². The average molecular weight is 503 g/mol. The lowest BCUT2D eigenvalue weighted by Crippen LogP contribution is -2.14. The van der Waals surface area contributed by atoms with E-state index in [1.807, 2.05) is 12.1 Å². The van der Waals surface area contributed by atoms with Gasteiger partial charge in [0.05, 0.1) is 0 Å². The maximum atomic E-state index is 14.9. The van der Waals surface area contributed by atoms with Gasteiger partial charge >= 0.3 is 0 Å². The van der Waals surface area contributed by atoms with Crippen molar-refractivity contribution in [3.05, 3.63) is 53.6 Å². The van der Waals surface area contributed by atoms with Crippen molar-refractivity contribution in [2.45, 2.75) is 116 Å². The van der Waals surface area contributed by atoms with Crippen molar-refractivity contribution in [3.63, 3.8) is 0 Å². The molecule has 1 fully saturated rings. The maximum Gasteiger partial charge on any atom is 0.201 e. The number of hydrogen-bond donors (Lipinski definition) is 0. The molecule has 0 spiro atoms. The first-order chi connectivity index (χ1) is 17.5. The molecule has 200 valence electrons. The summed E-state index contributed by atoms with van der Waals surface area (Å²) in [6, 6.07) is 10.8. The van der Waals surface area contributed by atoms with Gasteiger partial charge in [0.1, 0.15) is 12.8 Å². The van der Waals surface area contributed by atoms with Gasteiger partial charge in [-0.3, -0.25) is 0 Å². The number of halogens is 3. The van der Waals surface area contributed by atoms with E-state index in [0.717, 1.165) is 38.0 Å². The third-order valence-electron chi connectivity index (χ3n) is 7.84. The van der Waals surface area contributed by atoms with E-state index in [0.29, 0.717) is 17.9 Å². The number of alkyl halides is 1. The molecule has 3 rings (SSSR count). The van der Waals surface area contributed by atoms with Crippen molar-refractivity contribution in [3.8, 4) is 16.9 Å². The molecular weight excluding hydrogens is 457 g/mol. The molecule has 2 aromatic carbocycles. The molecule has 0 aliphatic heterocycles. The molecule has 0 heterocycles. The van der Waals surface area contributed by atoms with Gasteiger partial charge in [0.25, 0.3) is 0 Å². The number of ether oxygens (including phenoxy) is 1. The van der Waals surface area contributed by atoms with Gasteiger partial charge in [0.2, 0.25) is 5.82 Å². The van der Waals surface area contributed by atoms with Crippen LogP contribution in [0, 0.1) is 17.6 Å². The zero-order chi connectivity index (χ0) is 25.8. The summed E-state index contributed by atoms with van der Waals surface area (Å²) in [5.41, 5.74) is 2.14. The Hall–Kier alpha value is -1.97. The van der Waals surface area contributed by atoms with Crippen LogP contribution in [0.15, 0.2) is 36.4 Å². The van der Waals surface area contributed by atoms with Gasteiger partial charge < -0.3 is 4.74 Å². The Kier molecular flexibility index (Phi) is 12.2. The van der Waals surface area contributed by atoms with Gasteiger partial charge in [0, 0.05) is 5.56 Å². The quantitative estimate of drug-likeness (QED) is 0.220. The zero-order valence-corrected chi connectivity index (χ0v) is 22.3. The van der Waals surface area contributed by atoms with Gasteiger partial charge in [-0.2, -0.15) is 4.39 Å². The van der Waals surface area contributed by atoms with Crippen LogP contribution in [0.2, 0.25) is 0 Å². The summed E-state index contributed by atoms with van der Waals surface area (Å²) in [6.45, 7) is 4.14. The molecule has 2 aromatic rings. The third-order valence-corrected chi connectivity index (χ3v) is 7.84. The molecule has 0 amide bonds. The van der Waals surface area contributed by atoms with Gasteiger partial charge in [-0.1, -0.05) is 95.9 Å². The average Bonchev–Trinajstić information content (AvgIpc) is 2.90. The SMILES string of the molecule is CCCCCCC[C@H](F)COc1ccc(-c2ccc([C@H]3CC[C@H](CCCCC)CC3)cc2)c(F)c1F. The molecule has 0 radical (unpaired) electrons. The van der Waals surface area contributed by atoms with Crippen LogP contribution in [-0.2, 0) is 0 Å². The molecule has 1 aliphatic rings. The van der Waals surface area contributed by atoms with E-state index in [1.165, 1.54) is 69.1 Å². The maximum absolute atomic E-state index is 14.9. The molecule has 1 saturated carbocycles. The summed E-state index contributed by atoms with van der Waals surface area (Å²) in [5.74, 6) is -0.796. The van der Waals surface area contributed by atoms with Crippen molar-refractivity contribution in [2.75, 3.05) is 6.61 Å². The fraction of sp³-hybridized carbons (Fsp3) is 0.625. The first-order valence-electron chi connectivity index (χ1n) is 14.4. The Morgan fingerprint density at radius 1 is 0.778 bits per heavy atom. The van der Waals surface area contributed by atoms with Crippen molar-refractivity contribution in [1.82, 2.24) is 0 Å². The highest BCUT2D eigenvalue weighted by molar-refractivity contribution is 5.65. The van der Waals surface area contributed by atoms with E-state index in [9.17, 15) is 13.2 Å². The van der Waals surface area contributed by atoms with E-state index in [4.69, 9.17) is 4.74 Å². The van der Waals surface area contributed by atoms with Gasteiger partial charge in [0.15, 0.2) is 11.6 Å². The van der Waals surface area contributed by atoms with E-state index < -0.39 is 17.8 Å². The van der Waals surface area contributed by atoms with Gasteiger partial charge in [-0.15, -0.1) is 0 Å². The smallest absolute Gasteiger partial charge is 0.201 e. The fourth-order valence-electron chi connectivity index (χ4n) is 5.50. The summed E-state index contributed by atoms with van der Waals surface area (Å²) in [6.07, 6.45) is 14.7. The van der Waals surface area contributed by atoms with Crippen molar-refractivity contribution >= 4 is 0 Å². The topological polar surface area (TPSA) is 9.23 Å². The van der Waals surface area contributed by atoms with E-state index in [1.54, 1.807) is 0 Å². The van der Waals surface area contributed by atoms with Crippen LogP contribution in [0.3, 0.4) is 0 Å². The third kappa shape index (κ3) is 8.56. The van der Waals surface area contributed by atoms with Gasteiger partial charge in [-0.25, -0.2) is 8.78 Å². The second-order valence-electron chi connectivity index (χ2n) is 10.7. The standard InChI is InChI=1S/C32H45F3O/c1-3-5-7-8-10-12-28(33)23-36-30-22-21-29(31(34)32(30)35)27-19-17-26(18-20-27)25-15-13-24(14-16-25)11-9-6-4-2/h17-22,24-25,28H,3-16,23H2,1-2H3/t24-,25-,28-/m0/s1. The molecule has 1 aliphatic carbocycles. The Morgan fingerprint density at radius 2 is 1.44 bits per heavy atom. The summed E-state index contributed by atoms with van der Waals surface area (Å²) in [4.78, 5) is 0. The summed E-state index contributed by atoms with van der Waals surface area (Å²) in [5, 5.41) is 0. The van der Waals surface area contributed by atoms with Crippen LogP contribution in [0.5, 0.6) is 5.75 Å². The summed E-state index contributed by atoms with van der Waals surface area (Å²) in [7, 11) is 0. The van der Waals surface area contributed by atoms with E-state index in [-0.39, 0.29) is 17.9 Å². The zero-order valence-electron chi connectivity index (χ0n) is 22.3. The van der Waals surface area contributed by atoms with Crippen LogP contribution in [0.1, 0.15) is 115 Å². The minimum atomic E-state index is -1.17. The number of rotatable bonds is 15. The molecular formula is C32H45F3O. The lowest BCUT2D eigenvalue weighted by Gasteiger charge is -2.29. The predicted octanol–water partition coefficient (Wildman–Crippen LogP) is 10.6. The predicted molar refractivity (Wildman–Crippen MR) is 144 cm³/mol. The molecule has 36 heavy (non-hydrogen) atoms. The minimum absolute atomic E-state index is 0.207. The van der Waals surface area contributed by atoms with Crippen LogP contribution in [0.4, 0.5) is 13.2 Å². The number of unbranched alkanes of at least 4 members (excludes halogenated alkanes) is 6. The lowest BCUT2D eigenvalue weighted by atomic mass is 9.77. The van der Waals surface area contributed by atoms with Crippen molar-refractivity contribution in [2.24, 2.45) is 5.92 Å². The summed E-state index contributed by atoms with van der Waals surface area (Å²) < 4.78 is 49.0. The normalized spacial score (nSPS) is 18.8. The molecule has 0 aromatic heterocycles. The molecule has 0 bridgehead atoms. The monoisotopic (exact) mass is 502 g/mol. The van der Waals surface area contributed by atoms with E-state index >= 15 is 0 Å². The van der Waals surface area contributed by atoms with Crippen molar-refractivity contribution < 1.29 is 17.9 Å². The number of benzene rings is 2. The van der Waals surface area contributed by atoms with E-state index in [2.05, 4.69) is 26.0 Å². The Bertz CT molecular complexity index is 887. The first kappa shape index (κ1) is 28.6. The molecule has 4 heteroatoms. The fourth-order valence-corrected chi connectivity index (χ4v) is 5.50. The molecule has 1 atom stereocenters. The van der Waals surface area contributed by atoms with Crippen LogP contribution >= 0.6 is 0 Å². The Morgan fingerprint density at radius 3 is 2.14 bits per heavy atom.